The van der Waals surface area contributed by atoms with E-state index >= 15 is 0 Å². The second-order valence-corrected chi connectivity index (χ2v) is 6.21. The van der Waals surface area contributed by atoms with Gasteiger partial charge in [-0.15, -0.1) is 0 Å². The molecule has 0 atom stereocenters. The summed E-state index contributed by atoms with van der Waals surface area (Å²) in [5, 5.41) is 0. The quantitative estimate of drug-likeness (QED) is 0.757. The van der Waals surface area contributed by atoms with Crippen molar-refractivity contribution in [3.8, 4) is 0 Å². The van der Waals surface area contributed by atoms with Crippen LogP contribution in [-0.2, 0) is 0 Å². The van der Waals surface area contributed by atoms with E-state index in [4.69, 9.17) is 5.73 Å². The molecule has 100 valence electrons. The highest BCUT2D eigenvalue weighted by Gasteiger charge is 2.30. The van der Waals surface area contributed by atoms with Crippen LogP contribution in [0.5, 0.6) is 0 Å². The lowest BCUT2D eigenvalue weighted by molar-refractivity contribution is 0.0330. The molecule has 0 aromatic carbocycles. The number of rotatable bonds is 2. The first-order valence-corrected chi connectivity index (χ1v) is 6.93. The Hall–Kier alpha value is -0.160. The van der Waals surface area contributed by atoms with Gasteiger partial charge in [-0.2, -0.15) is 0 Å². The second-order valence-electron chi connectivity index (χ2n) is 6.21. The van der Waals surface area contributed by atoms with E-state index in [9.17, 15) is 0 Å². The number of likely N-dealkylation sites (N-methyl/N-ethyl adjacent to an activating group) is 1. The zero-order chi connectivity index (χ0) is 12.5. The van der Waals surface area contributed by atoms with Gasteiger partial charge in [0.1, 0.15) is 0 Å². The maximum absolute atomic E-state index is 6.16. The van der Waals surface area contributed by atoms with Gasteiger partial charge in [0.15, 0.2) is 0 Å². The predicted molar refractivity (Wildman–Crippen MR) is 71.9 cm³/mol. The van der Waals surface area contributed by atoms with Crippen molar-refractivity contribution in [2.45, 2.75) is 38.4 Å². The van der Waals surface area contributed by atoms with Gasteiger partial charge >= 0.3 is 0 Å². The Labute approximate surface area is 106 Å². The minimum Gasteiger partial charge on any atom is -0.314 e. The fourth-order valence-corrected chi connectivity index (χ4v) is 2.99. The van der Waals surface area contributed by atoms with Gasteiger partial charge in [0.25, 0.3) is 0 Å². The standard InChI is InChI=1S/C13H28N4/c1-13(2,14)17-6-4-12(5-7-17)16-10-8-15(3)9-11-16/h12H,4-11,14H2,1-3H3. The van der Waals surface area contributed by atoms with Crippen molar-refractivity contribution in [1.82, 2.24) is 14.7 Å². The molecule has 0 unspecified atom stereocenters. The van der Waals surface area contributed by atoms with Gasteiger partial charge < -0.3 is 10.6 Å². The van der Waals surface area contributed by atoms with Crippen LogP contribution in [0.15, 0.2) is 0 Å². The number of likely N-dealkylation sites (tertiary alicyclic amines) is 1. The summed E-state index contributed by atoms with van der Waals surface area (Å²) in [4.78, 5) is 7.52. The lowest BCUT2D eigenvalue weighted by Crippen LogP contribution is -2.58. The molecule has 0 aliphatic carbocycles. The van der Waals surface area contributed by atoms with Gasteiger partial charge in [0.05, 0.1) is 5.66 Å². The number of piperidine rings is 1. The third-order valence-corrected chi connectivity index (χ3v) is 4.33. The molecule has 4 nitrogen and oxygen atoms in total. The van der Waals surface area contributed by atoms with Gasteiger partial charge in [-0.3, -0.25) is 9.80 Å². The minimum atomic E-state index is -0.146. The highest BCUT2D eigenvalue weighted by atomic mass is 15.3. The van der Waals surface area contributed by atoms with Crippen LogP contribution in [-0.4, -0.2) is 72.7 Å². The molecular formula is C13H28N4. The fraction of sp³-hybridized carbons (Fsp3) is 1.00. The first kappa shape index (κ1) is 13.3. The van der Waals surface area contributed by atoms with Crippen molar-refractivity contribution in [2.24, 2.45) is 5.73 Å². The Bertz CT molecular complexity index is 232. The molecule has 2 N–H and O–H groups in total. The summed E-state index contributed by atoms with van der Waals surface area (Å²) in [6, 6.07) is 0.794. The highest BCUT2D eigenvalue weighted by molar-refractivity contribution is 4.86. The Morgan fingerprint density at radius 3 is 1.94 bits per heavy atom. The highest BCUT2D eigenvalue weighted by Crippen LogP contribution is 2.21. The van der Waals surface area contributed by atoms with Crippen LogP contribution in [0.2, 0.25) is 0 Å². The van der Waals surface area contributed by atoms with E-state index in [1.807, 2.05) is 0 Å². The van der Waals surface area contributed by atoms with E-state index in [0.29, 0.717) is 0 Å². The lowest BCUT2D eigenvalue weighted by Gasteiger charge is -2.45. The largest absolute Gasteiger partial charge is 0.314 e. The van der Waals surface area contributed by atoms with Crippen LogP contribution in [0, 0.1) is 0 Å². The molecule has 2 aliphatic rings. The third-order valence-electron chi connectivity index (χ3n) is 4.33. The van der Waals surface area contributed by atoms with Gasteiger partial charge in [-0.05, 0) is 33.7 Å². The van der Waals surface area contributed by atoms with Crippen LogP contribution in [0.3, 0.4) is 0 Å². The van der Waals surface area contributed by atoms with Crippen LogP contribution in [0.1, 0.15) is 26.7 Å². The number of nitrogens with two attached hydrogens (primary N) is 1. The number of piperazine rings is 1. The Balaban J connectivity index is 1.79. The molecule has 17 heavy (non-hydrogen) atoms. The van der Waals surface area contributed by atoms with Crippen LogP contribution < -0.4 is 5.73 Å². The third kappa shape index (κ3) is 3.41. The summed E-state index contributed by atoms with van der Waals surface area (Å²) in [6.07, 6.45) is 2.56. The molecule has 2 aliphatic heterocycles. The second kappa shape index (κ2) is 5.22. The molecule has 2 heterocycles. The van der Waals surface area contributed by atoms with Crippen molar-refractivity contribution < 1.29 is 0 Å². The van der Waals surface area contributed by atoms with E-state index in [0.717, 1.165) is 19.1 Å². The molecule has 0 spiro atoms. The summed E-state index contributed by atoms with van der Waals surface area (Å²) >= 11 is 0. The number of hydrogen-bond acceptors (Lipinski definition) is 4. The molecule has 0 amide bonds. The van der Waals surface area contributed by atoms with Crippen molar-refractivity contribution in [3.63, 3.8) is 0 Å². The van der Waals surface area contributed by atoms with Crippen molar-refractivity contribution in [3.05, 3.63) is 0 Å². The van der Waals surface area contributed by atoms with Crippen LogP contribution in [0.4, 0.5) is 0 Å². The fourth-order valence-electron chi connectivity index (χ4n) is 2.99. The van der Waals surface area contributed by atoms with Crippen molar-refractivity contribution in [1.29, 1.82) is 0 Å². The SMILES string of the molecule is CN1CCN(C2CCN(C(C)(C)N)CC2)CC1. The van der Waals surface area contributed by atoms with Gasteiger partial charge in [-0.25, -0.2) is 0 Å². The van der Waals surface area contributed by atoms with E-state index < -0.39 is 0 Å². The van der Waals surface area contributed by atoms with Crippen LogP contribution >= 0.6 is 0 Å². The molecule has 0 radical (unpaired) electrons. The maximum Gasteiger partial charge on any atom is 0.0629 e. The summed E-state index contributed by atoms with van der Waals surface area (Å²) in [5.74, 6) is 0. The average molecular weight is 240 g/mol. The topological polar surface area (TPSA) is 35.7 Å². The Morgan fingerprint density at radius 1 is 0.941 bits per heavy atom. The molecule has 0 aromatic heterocycles. The minimum absolute atomic E-state index is 0.146. The summed E-state index contributed by atoms with van der Waals surface area (Å²) in [7, 11) is 2.22. The molecule has 0 saturated carbocycles. The molecule has 2 rings (SSSR count). The number of nitrogens with zero attached hydrogens (tertiary/aromatic N) is 3. The van der Waals surface area contributed by atoms with Gasteiger partial charge in [-0.1, -0.05) is 0 Å². The summed E-state index contributed by atoms with van der Waals surface area (Å²) in [5.41, 5.74) is 6.01. The normalized spacial score (nSPS) is 27.5. The van der Waals surface area contributed by atoms with E-state index in [2.05, 4.69) is 35.6 Å². The first-order valence-electron chi connectivity index (χ1n) is 6.93. The van der Waals surface area contributed by atoms with Crippen molar-refractivity contribution in [2.75, 3.05) is 46.3 Å². The zero-order valence-corrected chi connectivity index (χ0v) is 11.7. The smallest absolute Gasteiger partial charge is 0.0629 e. The van der Waals surface area contributed by atoms with Gasteiger partial charge in [0.2, 0.25) is 0 Å². The lowest BCUT2D eigenvalue weighted by atomic mass is 10.00. The van der Waals surface area contributed by atoms with E-state index in [1.165, 1.54) is 39.0 Å². The number of hydrogen-bond donors (Lipinski definition) is 1. The monoisotopic (exact) mass is 240 g/mol. The zero-order valence-electron chi connectivity index (χ0n) is 11.7. The first-order chi connectivity index (χ1) is 7.97. The predicted octanol–water partition coefficient (Wildman–Crippen LogP) is 0.393. The Morgan fingerprint density at radius 2 is 1.47 bits per heavy atom. The maximum atomic E-state index is 6.16. The molecule has 2 saturated heterocycles. The molecule has 0 aromatic rings. The Kier molecular flexibility index (Phi) is 4.08. The molecule has 0 bridgehead atoms. The molecule has 4 heteroatoms. The average Bonchev–Trinajstić information content (AvgIpc) is 2.29. The van der Waals surface area contributed by atoms with E-state index in [-0.39, 0.29) is 5.66 Å². The van der Waals surface area contributed by atoms with Crippen LogP contribution in [0.25, 0.3) is 0 Å². The molecule has 2 fully saturated rings. The summed E-state index contributed by atoms with van der Waals surface area (Å²) in [6.45, 7) is 11.5. The van der Waals surface area contributed by atoms with Crippen molar-refractivity contribution >= 4 is 0 Å². The van der Waals surface area contributed by atoms with Gasteiger partial charge in [0, 0.05) is 45.3 Å². The summed E-state index contributed by atoms with van der Waals surface area (Å²) < 4.78 is 0. The molecular weight excluding hydrogens is 212 g/mol. The van der Waals surface area contributed by atoms with E-state index in [1.54, 1.807) is 0 Å².